The molecule has 0 aliphatic rings. The molecule has 0 heterocycles. The van der Waals surface area contributed by atoms with Crippen molar-refractivity contribution in [3.63, 3.8) is 0 Å². The molecule has 0 saturated carbocycles. The van der Waals surface area contributed by atoms with Gasteiger partial charge in [0.1, 0.15) is 0 Å². The SMILES string of the molecule is O[C@H](C[C@H](O)C(F)(F)F)c1ccccc1. The Morgan fingerprint density at radius 2 is 1.60 bits per heavy atom. The Kier molecular flexibility index (Phi) is 3.71. The van der Waals surface area contributed by atoms with Crippen molar-refractivity contribution in [1.29, 1.82) is 0 Å². The van der Waals surface area contributed by atoms with E-state index >= 15 is 0 Å². The van der Waals surface area contributed by atoms with Gasteiger partial charge in [0.15, 0.2) is 6.10 Å². The predicted molar refractivity (Wildman–Crippen MR) is 48.1 cm³/mol. The fourth-order valence-electron chi connectivity index (χ4n) is 1.16. The van der Waals surface area contributed by atoms with Crippen LogP contribution in [0.2, 0.25) is 0 Å². The summed E-state index contributed by atoms with van der Waals surface area (Å²) in [6.07, 6.45) is -9.22. The normalized spacial score (nSPS) is 16.1. The number of hydrogen-bond donors (Lipinski definition) is 2. The third-order valence-electron chi connectivity index (χ3n) is 2.01. The van der Waals surface area contributed by atoms with Gasteiger partial charge in [-0.05, 0) is 5.56 Å². The first-order valence-corrected chi connectivity index (χ1v) is 4.39. The Hall–Kier alpha value is -1.07. The number of aliphatic hydroxyl groups excluding tert-OH is 2. The minimum absolute atomic E-state index is 0.362. The molecule has 84 valence electrons. The first kappa shape index (κ1) is 12.0. The van der Waals surface area contributed by atoms with Crippen LogP contribution in [-0.4, -0.2) is 22.5 Å². The lowest BCUT2D eigenvalue weighted by molar-refractivity contribution is -0.211. The maximum absolute atomic E-state index is 12.0. The third-order valence-corrected chi connectivity index (χ3v) is 2.01. The summed E-state index contributed by atoms with van der Waals surface area (Å²) in [7, 11) is 0. The second-order valence-electron chi connectivity index (χ2n) is 3.22. The molecule has 0 saturated heterocycles. The molecule has 0 bridgehead atoms. The number of aliphatic hydroxyl groups is 2. The molecule has 0 spiro atoms. The molecule has 5 heteroatoms. The van der Waals surface area contributed by atoms with Gasteiger partial charge in [-0.3, -0.25) is 0 Å². The summed E-state index contributed by atoms with van der Waals surface area (Å²) < 4.78 is 35.9. The van der Waals surface area contributed by atoms with Crippen LogP contribution in [-0.2, 0) is 0 Å². The molecule has 0 fully saturated rings. The zero-order valence-electron chi connectivity index (χ0n) is 7.78. The molecule has 0 amide bonds. The zero-order valence-corrected chi connectivity index (χ0v) is 7.78. The second kappa shape index (κ2) is 4.63. The van der Waals surface area contributed by atoms with Crippen LogP contribution in [0.25, 0.3) is 0 Å². The van der Waals surface area contributed by atoms with Crippen LogP contribution in [0.1, 0.15) is 18.1 Å². The fraction of sp³-hybridized carbons (Fsp3) is 0.400. The minimum Gasteiger partial charge on any atom is -0.388 e. The Bertz CT molecular complexity index is 297. The standard InChI is InChI=1S/C10H11F3O2/c11-10(12,13)9(15)6-8(14)7-4-2-1-3-5-7/h1-5,8-9,14-15H,6H2/t8-,9+/m1/s1. The van der Waals surface area contributed by atoms with Crippen molar-refractivity contribution in [2.45, 2.75) is 24.8 Å². The summed E-state index contributed by atoms with van der Waals surface area (Å²) in [5, 5.41) is 18.1. The zero-order chi connectivity index (χ0) is 11.5. The van der Waals surface area contributed by atoms with Crippen LogP contribution < -0.4 is 0 Å². The quantitative estimate of drug-likeness (QED) is 0.818. The van der Waals surface area contributed by atoms with Gasteiger partial charge in [0.2, 0.25) is 0 Å². The van der Waals surface area contributed by atoms with Gasteiger partial charge in [-0.1, -0.05) is 30.3 Å². The predicted octanol–water partition coefficient (Wildman–Crippen LogP) is 2.03. The van der Waals surface area contributed by atoms with Gasteiger partial charge >= 0.3 is 6.18 Å². The fourth-order valence-corrected chi connectivity index (χ4v) is 1.16. The van der Waals surface area contributed by atoms with Gasteiger partial charge in [-0.25, -0.2) is 0 Å². The largest absolute Gasteiger partial charge is 0.414 e. The van der Waals surface area contributed by atoms with Crippen molar-refractivity contribution < 1.29 is 23.4 Å². The van der Waals surface area contributed by atoms with Crippen molar-refractivity contribution in [1.82, 2.24) is 0 Å². The van der Waals surface area contributed by atoms with E-state index in [0.29, 0.717) is 5.56 Å². The molecule has 0 radical (unpaired) electrons. The number of benzene rings is 1. The van der Waals surface area contributed by atoms with Crippen LogP contribution in [0.3, 0.4) is 0 Å². The van der Waals surface area contributed by atoms with E-state index in [-0.39, 0.29) is 0 Å². The van der Waals surface area contributed by atoms with Crippen LogP contribution in [0.5, 0.6) is 0 Å². The number of hydrogen-bond acceptors (Lipinski definition) is 2. The summed E-state index contributed by atoms with van der Waals surface area (Å²) in [5.74, 6) is 0. The lowest BCUT2D eigenvalue weighted by Crippen LogP contribution is -2.30. The molecule has 0 unspecified atom stereocenters. The molecule has 2 N–H and O–H groups in total. The topological polar surface area (TPSA) is 40.5 Å². The van der Waals surface area contributed by atoms with E-state index < -0.39 is 24.8 Å². The molecule has 1 rings (SSSR count). The summed E-state index contributed by atoms with van der Waals surface area (Å²) in [5.41, 5.74) is 0.362. The van der Waals surface area contributed by atoms with E-state index in [2.05, 4.69) is 0 Å². The molecule has 0 aliphatic carbocycles. The molecule has 15 heavy (non-hydrogen) atoms. The van der Waals surface area contributed by atoms with Crippen molar-refractivity contribution in [3.8, 4) is 0 Å². The monoisotopic (exact) mass is 220 g/mol. The molecule has 1 aromatic rings. The van der Waals surface area contributed by atoms with Gasteiger partial charge in [-0.2, -0.15) is 13.2 Å². The smallest absolute Gasteiger partial charge is 0.388 e. The summed E-state index contributed by atoms with van der Waals surface area (Å²) in [4.78, 5) is 0. The highest BCUT2D eigenvalue weighted by molar-refractivity contribution is 5.17. The first-order valence-electron chi connectivity index (χ1n) is 4.39. The van der Waals surface area contributed by atoms with Crippen LogP contribution >= 0.6 is 0 Å². The molecule has 1 aromatic carbocycles. The van der Waals surface area contributed by atoms with E-state index in [9.17, 15) is 18.3 Å². The maximum Gasteiger partial charge on any atom is 0.414 e. The van der Waals surface area contributed by atoms with Crippen LogP contribution in [0.4, 0.5) is 13.2 Å². The lowest BCUT2D eigenvalue weighted by atomic mass is 10.0. The minimum atomic E-state index is -4.68. The number of rotatable bonds is 3. The van der Waals surface area contributed by atoms with E-state index in [1.165, 1.54) is 12.1 Å². The average Bonchev–Trinajstić information content (AvgIpc) is 2.17. The highest BCUT2D eigenvalue weighted by atomic mass is 19.4. The lowest BCUT2D eigenvalue weighted by Gasteiger charge is -2.18. The second-order valence-corrected chi connectivity index (χ2v) is 3.22. The summed E-state index contributed by atoms with van der Waals surface area (Å²) >= 11 is 0. The molecule has 0 aliphatic heterocycles. The summed E-state index contributed by atoms with van der Waals surface area (Å²) in [6, 6.07) is 7.93. The Morgan fingerprint density at radius 3 is 2.07 bits per heavy atom. The molecular formula is C10H11F3O2. The van der Waals surface area contributed by atoms with E-state index in [0.717, 1.165) is 0 Å². The van der Waals surface area contributed by atoms with Crippen molar-refractivity contribution in [3.05, 3.63) is 35.9 Å². The van der Waals surface area contributed by atoms with Gasteiger partial charge < -0.3 is 10.2 Å². The van der Waals surface area contributed by atoms with Crippen LogP contribution in [0, 0.1) is 0 Å². The van der Waals surface area contributed by atoms with Crippen molar-refractivity contribution in [2.24, 2.45) is 0 Å². The van der Waals surface area contributed by atoms with Gasteiger partial charge in [-0.15, -0.1) is 0 Å². The van der Waals surface area contributed by atoms with Gasteiger partial charge in [0.25, 0.3) is 0 Å². The summed E-state index contributed by atoms with van der Waals surface area (Å²) in [6.45, 7) is 0. The highest BCUT2D eigenvalue weighted by Gasteiger charge is 2.39. The third kappa shape index (κ3) is 3.53. The Labute approximate surface area is 85.0 Å². The molecule has 2 nitrogen and oxygen atoms in total. The number of alkyl halides is 3. The van der Waals surface area contributed by atoms with E-state index in [1.54, 1.807) is 18.2 Å². The van der Waals surface area contributed by atoms with E-state index in [4.69, 9.17) is 5.11 Å². The van der Waals surface area contributed by atoms with E-state index in [1.807, 2.05) is 0 Å². The van der Waals surface area contributed by atoms with Gasteiger partial charge in [0, 0.05) is 6.42 Å². The highest BCUT2D eigenvalue weighted by Crippen LogP contribution is 2.27. The van der Waals surface area contributed by atoms with Crippen molar-refractivity contribution >= 4 is 0 Å². The molecular weight excluding hydrogens is 209 g/mol. The Morgan fingerprint density at radius 1 is 1.07 bits per heavy atom. The first-order chi connectivity index (χ1) is 6.91. The van der Waals surface area contributed by atoms with Crippen LogP contribution in [0.15, 0.2) is 30.3 Å². The molecule has 2 atom stereocenters. The number of halogens is 3. The van der Waals surface area contributed by atoms with Gasteiger partial charge in [0.05, 0.1) is 6.10 Å². The van der Waals surface area contributed by atoms with Crippen molar-refractivity contribution in [2.75, 3.05) is 0 Å². The molecule has 0 aromatic heterocycles. The maximum atomic E-state index is 12.0. The Balaban J connectivity index is 2.61. The average molecular weight is 220 g/mol.